The van der Waals surface area contributed by atoms with E-state index in [0.717, 1.165) is 9.99 Å². The molecule has 0 bridgehead atoms. The number of para-hydroxylation sites is 1. The van der Waals surface area contributed by atoms with Crippen molar-refractivity contribution in [2.45, 2.75) is 0 Å². The Kier molecular flexibility index (Phi) is 2.22. The Morgan fingerprint density at radius 3 is 2.56 bits per heavy atom. The second-order valence-corrected chi connectivity index (χ2v) is 4.36. The number of rotatable bonds is 1. The van der Waals surface area contributed by atoms with Crippen LogP contribution in [0.5, 0.6) is 0 Å². The van der Waals surface area contributed by atoms with Crippen LogP contribution >= 0.6 is 15.9 Å². The fourth-order valence-electron chi connectivity index (χ4n) is 1.69. The van der Waals surface area contributed by atoms with E-state index in [1.165, 1.54) is 5.39 Å². The molecule has 0 saturated heterocycles. The quantitative estimate of drug-likeness (QED) is 0.682. The summed E-state index contributed by atoms with van der Waals surface area (Å²) >= 11 is 3.32. The standard InChI is InChI=1S/C12H8BrN3/c13-10-7-14-12(15-8-10)16-6-5-9-3-1-2-4-11(9)16/h1-8H. The van der Waals surface area contributed by atoms with E-state index in [4.69, 9.17) is 0 Å². The number of hydrogen-bond donors (Lipinski definition) is 0. The lowest BCUT2D eigenvalue weighted by atomic mass is 10.2. The lowest BCUT2D eigenvalue weighted by molar-refractivity contribution is 0.957. The van der Waals surface area contributed by atoms with Crippen LogP contribution in [0.3, 0.4) is 0 Å². The van der Waals surface area contributed by atoms with Crippen LogP contribution in [0.1, 0.15) is 0 Å². The van der Waals surface area contributed by atoms with Crippen LogP contribution in [0.4, 0.5) is 0 Å². The highest BCUT2D eigenvalue weighted by molar-refractivity contribution is 9.10. The Bertz CT molecular complexity index is 628. The van der Waals surface area contributed by atoms with E-state index in [1.807, 2.05) is 22.9 Å². The lowest BCUT2D eigenvalue weighted by Crippen LogP contribution is -1.98. The van der Waals surface area contributed by atoms with Gasteiger partial charge in [0, 0.05) is 24.0 Å². The molecule has 0 aliphatic carbocycles. The lowest BCUT2D eigenvalue weighted by Gasteiger charge is -2.02. The van der Waals surface area contributed by atoms with Crippen molar-refractivity contribution in [1.82, 2.24) is 14.5 Å². The van der Waals surface area contributed by atoms with E-state index in [0.29, 0.717) is 5.95 Å². The first-order valence-corrected chi connectivity index (χ1v) is 5.68. The maximum Gasteiger partial charge on any atom is 0.234 e. The van der Waals surface area contributed by atoms with Gasteiger partial charge in [0.25, 0.3) is 0 Å². The second-order valence-electron chi connectivity index (χ2n) is 3.45. The molecule has 0 N–H and O–H groups in total. The average Bonchev–Trinajstić information content (AvgIpc) is 2.74. The first-order chi connectivity index (χ1) is 7.84. The number of halogens is 1. The van der Waals surface area contributed by atoms with Gasteiger partial charge in [-0.1, -0.05) is 18.2 Å². The molecule has 3 aromatic rings. The third kappa shape index (κ3) is 1.51. The van der Waals surface area contributed by atoms with Crippen LogP contribution in [0, 0.1) is 0 Å². The Morgan fingerprint density at radius 2 is 1.75 bits per heavy atom. The van der Waals surface area contributed by atoms with Gasteiger partial charge in [-0.2, -0.15) is 0 Å². The maximum atomic E-state index is 4.28. The van der Waals surface area contributed by atoms with Crippen molar-refractivity contribution >= 4 is 26.8 Å². The Hall–Kier alpha value is -1.68. The number of benzene rings is 1. The molecule has 0 amide bonds. The van der Waals surface area contributed by atoms with Crippen LogP contribution in [-0.2, 0) is 0 Å². The molecule has 2 heterocycles. The van der Waals surface area contributed by atoms with Crippen LogP contribution in [0.25, 0.3) is 16.9 Å². The highest BCUT2D eigenvalue weighted by Gasteiger charge is 2.03. The van der Waals surface area contributed by atoms with Crippen molar-refractivity contribution in [1.29, 1.82) is 0 Å². The molecule has 0 aliphatic heterocycles. The van der Waals surface area contributed by atoms with Gasteiger partial charge in [0.1, 0.15) is 0 Å². The molecule has 1 aromatic carbocycles. The van der Waals surface area contributed by atoms with E-state index in [2.05, 4.69) is 44.1 Å². The number of fused-ring (bicyclic) bond motifs is 1. The van der Waals surface area contributed by atoms with E-state index in [-0.39, 0.29) is 0 Å². The molecule has 3 nitrogen and oxygen atoms in total. The van der Waals surface area contributed by atoms with E-state index in [9.17, 15) is 0 Å². The largest absolute Gasteiger partial charge is 0.285 e. The molecule has 0 saturated carbocycles. The summed E-state index contributed by atoms with van der Waals surface area (Å²) in [7, 11) is 0. The molecule has 3 rings (SSSR count). The van der Waals surface area contributed by atoms with Gasteiger partial charge >= 0.3 is 0 Å². The smallest absolute Gasteiger partial charge is 0.234 e. The van der Waals surface area contributed by atoms with Crippen molar-refractivity contribution in [3.63, 3.8) is 0 Å². The van der Waals surface area contributed by atoms with Crippen LogP contribution in [0.2, 0.25) is 0 Å². The molecule has 78 valence electrons. The van der Waals surface area contributed by atoms with Crippen LogP contribution in [-0.4, -0.2) is 14.5 Å². The van der Waals surface area contributed by atoms with Crippen LogP contribution in [0.15, 0.2) is 53.4 Å². The Balaban J connectivity index is 2.22. The van der Waals surface area contributed by atoms with Gasteiger partial charge in [0.2, 0.25) is 5.95 Å². The minimum absolute atomic E-state index is 0.685. The highest BCUT2D eigenvalue weighted by atomic mass is 79.9. The first kappa shape index (κ1) is 9.54. The van der Waals surface area contributed by atoms with Crippen molar-refractivity contribution in [3.8, 4) is 5.95 Å². The monoisotopic (exact) mass is 273 g/mol. The summed E-state index contributed by atoms with van der Waals surface area (Å²) in [5, 5.41) is 1.19. The summed E-state index contributed by atoms with van der Waals surface area (Å²) in [6, 6.07) is 10.2. The van der Waals surface area contributed by atoms with E-state index >= 15 is 0 Å². The van der Waals surface area contributed by atoms with Crippen molar-refractivity contribution in [2.24, 2.45) is 0 Å². The zero-order chi connectivity index (χ0) is 11.0. The summed E-state index contributed by atoms with van der Waals surface area (Å²) in [6.45, 7) is 0. The third-order valence-corrected chi connectivity index (χ3v) is 2.83. The van der Waals surface area contributed by atoms with Gasteiger partial charge in [0.15, 0.2) is 0 Å². The summed E-state index contributed by atoms with van der Waals surface area (Å²) in [6.07, 6.45) is 5.47. The van der Waals surface area contributed by atoms with Gasteiger partial charge in [0.05, 0.1) is 9.99 Å². The van der Waals surface area contributed by atoms with Gasteiger partial charge in [-0.15, -0.1) is 0 Å². The number of nitrogens with zero attached hydrogens (tertiary/aromatic N) is 3. The molecule has 0 spiro atoms. The SMILES string of the molecule is Brc1cnc(-n2ccc3ccccc32)nc1. The predicted molar refractivity (Wildman–Crippen MR) is 66.6 cm³/mol. The van der Waals surface area contributed by atoms with Crippen molar-refractivity contribution < 1.29 is 0 Å². The predicted octanol–water partition coefficient (Wildman–Crippen LogP) is 3.18. The summed E-state index contributed by atoms with van der Waals surface area (Å²) in [5.74, 6) is 0.685. The average molecular weight is 274 g/mol. The first-order valence-electron chi connectivity index (χ1n) is 4.88. The zero-order valence-corrected chi connectivity index (χ0v) is 9.92. The fourth-order valence-corrected chi connectivity index (χ4v) is 1.89. The number of aromatic nitrogens is 3. The van der Waals surface area contributed by atoms with Crippen molar-refractivity contribution in [2.75, 3.05) is 0 Å². The minimum atomic E-state index is 0.685. The fraction of sp³-hybridized carbons (Fsp3) is 0. The topological polar surface area (TPSA) is 30.7 Å². The van der Waals surface area contributed by atoms with Gasteiger partial charge < -0.3 is 0 Å². The number of hydrogen-bond acceptors (Lipinski definition) is 2. The molecule has 0 atom stereocenters. The molecule has 0 fully saturated rings. The van der Waals surface area contributed by atoms with Gasteiger partial charge in [-0.25, -0.2) is 9.97 Å². The molecular formula is C12H8BrN3. The molecule has 4 heteroatoms. The van der Waals surface area contributed by atoms with Crippen LogP contribution < -0.4 is 0 Å². The maximum absolute atomic E-state index is 4.28. The summed E-state index contributed by atoms with van der Waals surface area (Å²) in [5.41, 5.74) is 1.12. The third-order valence-electron chi connectivity index (χ3n) is 2.42. The molecule has 0 radical (unpaired) electrons. The van der Waals surface area contributed by atoms with Gasteiger partial charge in [-0.3, -0.25) is 4.57 Å². The summed E-state index contributed by atoms with van der Waals surface area (Å²) in [4.78, 5) is 8.55. The molecular weight excluding hydrogens is 266 g/mol. The Morgan fingerprint density at radius 1 is 1.00 bits per heavy atom. The van der Waals surface area contributed by atoms with E-state index in [1.54, 1.807) is 12.4 Å². The van der Waals surface area contributed by atoms with Crippen molar-refractivity contribution in [3.05, 3.63) is 53.4 Å². The Labute approximate surface area is 101 Å². The molecule has 0 aliphatic rings. The molecule has 2 aromatic heterocycles. The van der Waals surface area contributed by atoms with E-state index < -0.39 is 0 Å². The highest BCUT2D eigenvalue weighted by Crippen LogP contribution is 2.18. The minimum Gasteiger partial charge on any atom is -0.285 e. The zero-order valence-electron chi connectivity index (χ0n) is 8.34. The second kappa shape index (κ2) is 3.72. The van der Waals surface area contributed by atoms with Gasteiger partial charge in [-0.05, 0) is 28.1 Å². The summed E-state index contributed by atoms with van der Waals surface area (Å²) < 4.78 is 2.86. The normalized spacial score (nSPS) is 10.8. The molecule has 0 unspecified atom stereocenters. The molecule has 16 heavy (non-hydrogen) atoms.